The molecule has 0 bridgehead atoms. The molecule has 0 N–H and O–H groups in total. The Morgan fingerprint density at radius 3 is 2.88 bits per heavy atom. The van der Waals surface area contributed by atoms with E-state index in [1.807, 2.05) is 23.1 Å². The molecular weight excluding hydrogens is 310 g/mol. The zero-order valence-electron chi connectivity index (χ0n) is 13.1. The number of fused-ring (bicyclic) bond motifs is 1. The maximum absolute atomic E-state index is 11.3. The molecule has 1 fully saturated rings. The highest BCUT2D eigenvalue weighted by Crippen LogP contribution is 2.41. The molecule has 4 rings (SSSR count). The highest BCUT2D eigenvalue weighted by Gasteiger charge is 2.32. The van der Waals surface area contributed by atoms with Crippen LogP contribution in [-0.4, -0.2) is 29.7 Å². The SMILES string of the molecule is O=[N+]([O-])c1cccnc1N1CCC[C@@H]1c1ccc2c(c1)OCCO2. The van der Waals surface area contributed by atoms with Crippen LogP contribution in [0.2, 0.25) is 0 Å². The fraction of sp³-hybridized carbons (Fsp3) is 0.353. The topological polar surface area (TPSA) is 77.7 Å². The smallest absolute Gasteiger partial charge is 0.311 e. The van der Waals surface area contributed by atoms with Crippen LogP contribution in [0.1, 0.15) is 24.4 Å². The average Bonchev–Trinajstić information content (AvgIpc) is 3.11. The largest absolute Gasteiger partial charge is 0.486 e. The summed E-state index contributed by atoms with van der Waals surface area (Å²) >= 11 is 0. The third-order valence-corrected chi connectivity index (χ3v) is 4.44. The first kappa shape index (κ1) is 14.7. The van der Waals surface area contributed by atoms with Crippen LogP contribution in [0.4, 0.5) is 11.5 Å². The van der Waals surface area contributed by atoms with Gasteiger partial charge < -0.3 is 14.4 Å². The molecule has 124 valence electrons. The van der Waals surface area contributed by atoms with Crippen molar-refractivity contribution in [1.29, 1.82) is 0 Å². The number of anilines is 1. The highest BCUT2D eigenvalue weighted by atomic mass is 16.6. The van der Waals surface area contributed by atoms with Crippen LogP contribution in [0, 0.1) is 10.1 Å². The van der Waals surface area contributed by atoms with Gasteiger partial charge in [0.25, 0.3) is 0 Å². The molecule has 2 aliphatic rings. The lowest BCUT2D eigenvalue weighted by atomic mass is 10.0. The van der Waals surface area contributed by atoms with Crippen LogP contribution < -0.4 is 14.4 Å². The maximum atomic E-state index is 11.3. The second-order valence-electron chi connectivity index (χ2n) is 5.86. The average molecular weight is 327 g/mol. The van der Waals surface area contributed by atoms with Crippen molar-refractivity contribution < 1.29 is 14.4 Å². The minimum absolute atomic E-state index is 0.0435. The van der Waals surface area contributed by atoms with E-state index in [0.29, 0.717) is 19.0 Å². The Morgan fingerprint density at radius 1 is 1.21 bits per heavy atom. The normalized spacial score (nSPS) is 19.3. The zero-order valence-corrected chi connectivity index (χ0v) is 13.1. The van der Waals surface area contributed by atoms with Crippen molar-refractivity contribution in [2.24, 2.45) is 0 Å². The molecule has 0 aliphatic carbocycles. The molecule has 1 aromatic heterocycles. The van der Waals surface area contributed by atoms with Gasteiger partial charge in [0.05, 0.1) is 11.0 Å². The van der Waals surface area contributed by atoms with E-state index >= 15 is 0 Å². The van der Waals surface area contributed by atoms with Crippen LogP contribution in [0.15, 0.2) is 36.5 Å². The Balaban J connectivity index is 1.70. The third-order valence-electron chi connectivity index (χ3n) is 4.44. The van der Waals surface area contributed by atoms with Gasteiger partial charge in [-0.3, -0.25) is 10.1 Å². The molecule has 24 heavy (non-hydrogen) atoms. The second kappa shape index (κ2) is 5.99. The molecule has 0 saturated carbocycles. The first-order chi connectivity index (χ1) is 11.7. The van der Waals surface area contributed by atoms with Gasteiger partial charge in [0, 0.05) is 18.8 Å². The number of aromatic nitrogens is 1. The summed E-state index contributed by atoms with van der Waals surface area (Å²) < 4.78 is 11.2. The Morgan fingerprint density at radius 2 is 2.04 bits per heavy atom. The van der Waals surface area contributed by atoms with E-state index in [1.165, 1.54) is 6.07 Å². The van der Waals surface area contributed by atoms with Crippen LogP contribution >= 0.6 is 0 Å². The molecule has 1 saturated heterocycles. The lowest BCUT2D eigenvalue weighted by Gasteiger charge is -2.27. The van der Waals surface area contributed by atoms with E-state index in [0.717, 1.165) is 36.4 Å². The molecule has 3 heterocycles. The molecule has 0 unspecified atom stereocenters. The summed E-state index contributed by atoms with van der Waals surface area (Å²) in [5.74, 6) is 1.92. The standard InChI is InChI=1S/C17H17N3O4/c21-20(22)14-3-1-7-18-17(14)19-8-2-4-13(19)12-5-6-15-16(11-12)24-10-9-23-15/h1,3,5-7,11,13H,2,4,8-10H2/t13-/m1/s1. The van der Waals surface area contributed by atoms with E-state index in [4.69, 9.17) is 9.47 Å². The van der Waals surface area contributed by atoms with Crippen LogP contribution in [0.3, 0.4) is 0 Å². The minimum Gasteiger partial charge on any atom is -0.486 e. The predicted octanol–water partition coefficient (Wildman–Crippen LogP) is 3.10. The lowest BCUT2D eigenvalue weighted by molar-refractivity contribution is -0.384. The molecule has 1 atom stereocenters. The minimum atomic E-state index is -0.373. The monoisotopic (exact) mass is 327 g/mol. The number of nitro groups is 1. The molecular formula is C17H17N3O4. The third kappa shape index (κ3) is 2.51. The van der Waals surface area contributed by atoms with Gasteiger partial charge in [-0.1, -0.05) is 6.07 Å². The summed E-state index contributed by atoms with van der Waals surface area (Å²) in [7, 11) is 0. The first-order valence-electron chi connectivity index (χ1n) is 7.99. The summed E-state index contributed by atoms with van der Waals surface area (Å²) in [4.78, 5) is 17.2. The summed E-state index contributed by atoms with van der Waals surface area (Å²) in [6, 6.07) is 9.04. The van der Waals surface area contributed by atoms with Gasteiger partial charge in [0.1, 0.15) is 13.2 Å². The quantitative estimate of drug-likeness (QED) is 0.637. The predicted molar refractivity (Wildman–Crippen MR) is 87.6 cm³/mol. The summed E-state index contributed by atoms with van der Waals surface area (Å²) in [5.41, 5.74) is 1.11. The van der Waals surface area contributed by atoms with Crippen molar-refractivity contribution >= 4 is 11.5 Å². The number of benzene rings is 1. The second-order valence-corrected chi connectivity index (χ2v) is 5.86. The zero-order chi connectivity index (χ0) is 16.5. The number of hydrogen-bond acceptors (Lipinski definition) is 6. The number of rotatable bonds is 3. The van der Waals surface area contributed by atoms with Gasteiger partial charge >= 0.3 is 5.69 Å². The van der Waals surface area contributed by atoms with Crippen molar-refractivity contribution in [3.63, 3.8) is 0 Å². The fourth-order valence-electron chi connectivity index (χ4n) is 3.39. The van der Waals surface area contributed by atoms with Gasteiger partial charge in [0.15, 0.2) is 11.5 Å². The van der Waals surface area contributed by atoms with Gasteiger partial charge in [-0.25, -0.2) is 4.98 Å². The molecule has 7 nitrogen and oxygen atoms in total. The number of ether oxygens (including phenoxy) is 2. The highest BCUT2D eigenvalue weighted by molar-refractivity contribution is 5.60. The lowest BCUT2D eigenvalue weighted by Crippen LogP contribution is -2.24. The van der Waals surface area contributed by atoms with Crippen molar-refractivity contribution in [2.75, 3.05) is 24.7 Å². The van der Waals surface area contributed by atoms with E-state index in [-0.39, 0.29) is 16.7 Å². The van der Waals surface area contributed by atoms with Gasteiger partial charge in [0.2, 0.25) is 5.82 Å². The Kier molecular flexibility index (Phi) is 3.68. The summed E-state index contributed by atoms with van der Waals surface area (Å²) in [5, 5.41) is 11.3. The van der Waals surface area contributed by atoms with E-state index in [2.05, 4.69) is 4.98 Å². The van der Waals surface area contributed by atoms with Crippen molar-refractivity contribution in [2.45, 2.75) is 18.9 Å². The van der Waals surface area contributed by atoms with Crippen molar-refractivity contribution in [3.8, 4) is 11.5 Å². The van der Waals surface area contributed by atoms with E-state index in [1.54, 1.807) is 12.3 Å². The Labute approximate surface area is 139 Å². The molecule has 1 aromatic carbocycles. The van der Waals surface area contributed by atoms with E-state index in [9.17, 15) is 10.1 Å². The molecule has 0 amide bonds. The fourth-order valence-corrected chi connectivity index (χ4v) is 3.39. The van der Waals surface area contributed by atoms with Crippen molar-refractivity contribution in [3.05, 3.63) is 52.2 Å². The maximum Gasteiger partial charge on any atom is 0.311 e. The summed E-state index contributed by atoms with van der Waals surface area (Å²) in [6.07, 6.45) is 3.49. The Hall–Kier alpha value is -2.83. The molecule has 7 heteroatoms. The van der Waals surface area contributed by atoms with Crippen LogP contribution in [0.5, 0.6) is 11.5 Å². The van der Waals surface area contributed by atoms with Gasteiger partial charge in [-0.15, -0.1) is 0 Å². The molecule has 0 spiro atoms. The summed E-state index contributed by atoms with van der Waals surface area (Å²) in [6.45, 7) is 1.84. The van der Waals surface area contributed by atoms with Gasteiger partial charge in [-0.05, 0) is 36.6 Å². The van der Waals surface area contributed by atoms with E-state index < -0.39 is 0 Å². The van der Waals surface area contributed by atoms with Crippen LogP contribution in [0.25, 0.3) is 0 Å². The molecule has 2 aromatic rings. The first-order valence-corrected chi connectivity index (χ1v) is 7.99. The van der Waals surface area contributed by atoms with Crippen LogP contribution in [-0.2, 0) is 0 Å². The van der Waals surface area contributed by atoms with Gasteiger partial charge in [-0.2, -0.15) is 0 Å². The molecule has 2 aliphatic heterocycles. The number of pyridine rings is 1. The number of nitrogens with zero attached hydrogens (tertiary/aromatic N) is 3. The Bertz CT molecular complexity index is 780. The number of hydrogen-bond donors (Lipinski definition) is 0. The van der Waals surface area contributed by atoms with Crippen molar-refractivity contribution in [1.82, 2.24) is 4.98 Å². The molecule has 0 radical (unpaired) electrons.